The summed E-state index contributed by atoms with van der Waals surface area (Å²) in [5, 5.41) is 5.30. The fourth-order valence-electron chi connectivity index (χ4n) is 3.58. The van der Waals surface area contributed by atoms with Crippen molar-refractivity contribution in [3.8, 4) is 0 Å². The first-order valence-electron chi connectivity index (χ1n) is 10.1. The van der Waals surface area contributed by atoms with E-state index in [1.165, 1.54) is 11.8 Å². The largest absolute Gasteiger partial charge is 0.452 e. The Morgan fingerprint density at radius 1 is 1.29 bits per heavy atom. The van der Waals surface area contributed by atoms with Crippen LogP contribution in [0, 0.1) is 0 Å². The first-order chi connectivity index (χ1) is 13.6. The third-order valence-corrected chi connectivity index (χ3v) is 6.42. The lowest BCUT2D eigenvalue weighted by molar-refractivity contribution is -0.157. The van der Waals surface area contributed by atoms with Gasteiger partial charge < -0.3 is 15.4 Å². The highest BCUT2D eigenvalue weighted by Crippen LogP contribution is 2.36. The second kappa shape index (κ2) is 9.96. The van der Waals surface area contributed by atoms with Crippen LogP contribution in [0.2, 0.25) is 0 Å². The number of rotatable bonds is 8. The van der Waals surface area contributed by atoms with Gasteiger partial charge in [-0.15, -0.1) is 11.8 Å². The maximum atomic E-state index is 12.6. The Morgan fingerprint density at radius 3 is 2.79 bits per heavy atom. The zero-order valence-corrected chi connectivity index (χ0v) is 17.1. The molecule has 0 aromatic heterocycles. The zero-order chi connectivity index (χ0) is 19.9. The molecule has 152 valence electrons. The maximum absolute atomic E-state index is 12.6. The molecule has 1 aromatic rings. The van der Waals surface area contributed by atoms with Crippen molar-refractivity contribution in [2.75, 3.05) is 5.32 Å². The van der Waals surface area contributed by atoms with Gasteiger partial charge in [0.15, 0.2) is 6.10 Å². The molecule has 6 nitrogen and oxygen atoms in total. The molecule has 0 saturated heterocycles. The van der Waals surface area contributed by atoms with E-state index in [4.69, 9.17) is 4.74 Å². The number of carbonyl (C=O) groups is 3. The third kappa shape index (κ3) is 5.50. The van der Waals surface area contributed by atoms with Crippen molar-refractivity contribution in [1.82, 2.24) is 5.32 Å². The van der Waals surface area contributed by atoms with Crippen molar-refractivity contribution >= 4 is 35.2 Å². The summed E-state index contributed by atoms with van der Waals surface area (Å²) in [5.41, 5.74) is 0.763. The molecule has 1 aromatic carbocycles. The highest BCUT2D eigenvalue weighted by molar-refractivity contribution is 8.01. The minimum Gasteiger partial charge on any atom is -0.452 e. The second-order valence-corrected chi connectivity index (χ2v) is 8.65. The molecule has 7 heteroatoms. The van der Waals surface area contributed by atoms with Gasteiger partial charge in [0.1, 0.15) is 0 Å². The van der Waals surface area contributed by atoms with Crippen LogP contribution in [-0.4, -0.2) is 35.2 Å². The Labute approximate surface area is 170 Å². The fourth-order valence-corrected chi connectivity index (χ4v) is 4.68. The Balaban J connectivity index is 1.56. The predicted molar refractivity (Wildman–Crippen MR) is 109 cm³/mol. The summed E-state index contributed by atoms with van der Waals surface area (Å²) < 4.78 is 5.52. The second-order valence-electron chi connectivity index (χ2n) is 7.41. The van der Waals surface area contributed by atoms with Crippen LogP contribution in [0.25, 0.3) is 0 Å². The number of unbranched alkanes of at least 4 members (excludes halogenated alkanes) is 1. The Bertz CT molecular complexity index is 718. The SMILES string of the molecule is CCCC[C@H](OC(=O)C[C@@H]1Sc2ccccc2NC1=O)C(=O)NC1CCCC1. The number of para-hydroxylation sites is 1. The fraction of sp³-hybridized carbons (Fsp3) is 0.571. The van der Waals surface area contributed by atoms with Gasteiger partial charge in [-0.25, -0.2) is 0 Å². The molecule has 2 atom stereocenters. The van der Waals surface area contributed by atoms with Gasteiger partial charge in [0.2, 0.25) is 5.91 Å². The van der Waals surface area contributed by atoms with E-state index in [0.717, 1.165) is 49.1 Å². The van der Waals surface area contributed by atoms with Crippen LogP contribution in [-0.2, 0) is 19.1 Å². The number of benzene rings is 1. The molecule has 1 fully saturated rings. The number of carbonyl (C=O) groups excluding carboxylic acids is 3. The Kier molecular flexibility index (Phi) is 7.36. The maximum Gasteiger partial charge on any atom is 0.308 e. The normalized spacial score (nSPS) is 20.2. The monoisotopic (exact) mass is 404 g/mol. The van der Waals surface area contributed by atoms with Crippen LogP contribution in [0.5, 0.6) is 0 Å². The van der Waals surface area contributed by atoms with Crippen LogP contribution < -0.4 is 10.6 Å². The molecule has 1 aliphatic carbocycles. The van der Waals surface area contributed by atoms with Crippen molar-refractivity contribution in [2.24, 2.45) is 0 Å². The van der Waals surface area contributed by atoms with Crippen molar-refractivity contribution in [3.05, 3.63) is 24.3 Å². The van der Waals surface area contributed by atoms with Gasteiger partial charge in [0.25, 0.3) is 5.91 Å². The van der Waals surface area contributed by atoms with Crippen LogP contribution in [0.1, 0.15) is 58.3 Å². The van der Waals surface area contributed by atoms with Crippen LogP contribution >= 0.6 is 11.8 Å². The molecule has 3 rings (SSSR count). The lowest BCUT2D eigenvalue weighted by atomic mass is 10.1. The first kappa shape index (κ1) is 20.7. The van der Waals surface area contributed by atoms with Crippen LogP contribution in [0.15, 0.2) is 29.2 Å². The molecule has 0 spiro atoms. The molecular weight excluding hydrogens is 376 g/mol. The van der Waals surface area contributed by atoms with Gasteiger partial charge in [-0.05, 0) is 37.8 Å². The standard InChI is InChI=1S/C21H28N2O4S/c1-2-3-11-16(20(25)22-14-8-4-5-9-14)27-19(24)13-18-21(26)23-15-10-6-7-12-17(15)28-18/h6-7,10,12,14,16,18H,2-5,8-9,11,13H2,1H3,(H,22,25)(H,23,26)/t16-,18-/m0/s1. The first-order valence-corrected chi connectivity index (χ1v) is 11.0. The van der Waals surface area contributed by atoms with Gasteiger partial charge in [0, 0.05) is 10.9 Å². The minimum absolute atomic E-state index is 0.0514. The number of amides is 2. The molecule has 0 bridgehead atoms. The van der Waals surface area contributed by atoms with Gasteiger partial charge in [0.05, 0.1) is 17.4 Å². The molecule has 1 heterocycles. The predicted octanol–water partition coefficient (Wildman–Crippen LogP) is 3.65. The zero-order valence-electron chi connectivity index (χ0n) is 16.2. The van der Waals surface area contributed by atoms with Crippen molar-refractivity contribution < 1.29 is 19.1 Å². The molecule has 0 unspecified atom stereocenters. The van der Waals surface area contributed by atoms with E-state index in [9.17, 15) is 14.4 Å². The summed E-state index contributed by atoms with van der Waals surface area (Å²) in [6.07, 6.45) is 5.62. The van der Waals surface area contributed by atoms with E-state index in [2.05, 4.69) is 10.6 Å². The van der Waals surface area contributed by atoms with Crippen LogP contribution in [0.4, 0.5) is 5.69 Å². The molecule has 0 radical (unpaired) electrons. The van der Waals surface area contributed by atoms with E-state index in [1.807, 2.05) is 31.2 Å². The van der Waals surface area contributed by atoms with Crippen molar-refractivity contribution in [1.29, 1.82) is 0 Å². The van der Waals surface area contributed by atoms with Gasteiger partial charge in [-0.1, -0.05) is 38.3 Å². The van der Waals surface area contributed by atoms with E-state index < -0.39 is 17.3 Å². The highest BCUT2D eigenvalue weighted by Gasteiger charge is 2.32. The molecule has 28 heavy (non-hydrogen) atoms. The average Bonchev–Trinajstić information content (AvgIpc) is 3.18. The lowest BCUT2D eigenvalue weighted by Crippen LogP contribution is -2.42. The van der Waals surface area contributed by atoms with Gasteiger partial charge >= 0.3 is 5.97 Å². The van der Waals surface area contributed by atoms with E-state index in [-0.39, 0.29) is 24.3 Å². The van der Waals surface area contributed by atoms with Gasteiger partial charge in [-0.2, -0.15) is 0 Å². The summed E-state index contributed by atoms with van der Waals surface area (Å²) in [7, 11) is 0. The number of esters is 1. The summed E-state index contributed by atoms with van der Waals surface area (Å²) in [6.45, 7) is 2.04. The molecule has 2 N–H and O–H groups in total. The number of anilines is 1. The highest BCUT2D eigenvalue weighted by atomic mass is 32.2. The van der Waals surface area contributed by atoms with Crippen molar-refractivity contribution in [3.63, 3.8) is 0 Å². The summed E-state index contributed by atoms with van der Waals surface area (Å²) in [5.74, 6) is -0.921. The average molecular weight is 405 g/mol. The van der Waals surface area contributed by atoms with E-state index in [0.29, 0.717) is 6.42 Å². The molecular formula is C21H28N2O4S. The minimum atomic E-state index is -0.781. The number of hydrogen-bond donors (Lipinski definition) is 2. The molecule has 2 aliphatic rings. The summed E-state index contributed by atoms with van der Waals surface area (Å²) in [4.78, 5) is 38.3. The summed E-state index contributed by atoms with van der Waals surface area (Å²) in [6, 6.07) is 7.69. The van der Waals surface area contributed by atoms with Gasteiger partial charge in [-0.3, -0.25) is 14.4 Å². The van der Waals surface area contributed by atoms with E-state index in [1.54, 1.807) is 0 Å². The smallest absolute Gasteiger partial charge is 0.308 e. The topological polar surface area (TPSA) is 84.5 Å². The quantitative estimate of drug-likeness (QED) is 0.646. The number of fused-ring (bicyclic) bond motifs is 1. The summed E-state index contributed by atoms with van der Waals surface area (Å²) >= 11 is 1.36. The van der Waals surface area contributed by atoms with Crippen LogP contribution in [0.3, 0.4) is 0 Å². The number of nitrogens with one attached hydrogen (secondary N) is 2. The number of hydrogen-bond acceptors (Lipinski definition) is 5. The lowest BCUT2D eigenvalue weighted by Gasteiger charge is -2.24. The molecule has 1 aliphatic heterocycles. The third-order valence-electron chi connectivity index (χ3n) is 5.15. The number of thioether (sulfide) groups is 1. The van der Waals surface area contributed by atoms with Crippen molar-refractivity contribution in [2.45, 2.75) is 80.6 Å². The molecule has 2 amide bonds. The Morgan fingerprint density at radius 2 is 2.04 bits per heavy atom. The molecule has 1 saturated carbocycles. The Hall–Kier alpha value is -2.02. The van der Waals surface area contributed by atoms with E-state index >= 15 is 0 Å². The number of ether oxygens (including phenoxy) is 1.